The number of rotatable bonds is 3. The second-order valence-corrected chi connectivity index (χ2v) is 5.87. The van der Waals surface area contributed by atoms with E-state index in [0.717, 1.165) is 14.9 Å². The first-order valence-electron chi connectivity index (χ1n) is 6.49. The summed E-state index contributed by atoms with van der Waals surface area (Å²) in [4.78, 5) is 14.3. The number of amides is 2. The Morgan fingerprint density at radius 1 is 1.05 bits per heavy atom. The quantitative estimate of drug-likeness (QED) is 0.767. The molecule has 2 rings (SSSR count). The summed E-state index contributed by atoms with van der Waals surface area (Å²) in [5.41, 5.74) is 1.73. The lowest BCUT2D eigenvalue weighted by Gasteiger charge is -2.28. The molecule has 3 nitrogen and oxygen atoms in total. The van der Waals surface area contributed by atoms with Crippen LogP contribution in [0.25, 0.3) is 0 Å². The molecule has 0 spiro atoms. The highest BCUT2D eigenvalue weighted by Gasteiger charge is 2.20. The van der Waals surface area contributed by atoms with Gasteiger partial charge in [0.05, 0.1) is 5.69 Å². The maximum Gasteiger partial charge on any atom is 0.326 e. The van der Waals surface area contributed by atoms with Crippen LogP contribution in [0.15, 0.2) is 54.6 Å². The average molecular weight is 380 g/mol. The van der Waals surface area contributed by atoms with Crippen LogP contribution < -0.4 is 10.2 Å². The zero-order valence-corrected chi connectivity index (χ0v) is 13.7. The molecule has 0 heterocycles. The van der Waals surface area contributed by atoms with Crippen molar-refractivity contribution in [2.75, 3.05) is 10.2 Å². The fraction of sp³-hybridized carbons (Fsp3) is 0.188. The molecule has 0 aromatic heterocycles. The van der Waals surface area contributed by atoms with Crippen molar-refractivity contribution in [3.63, 3.8) is 0 Å². The van der Waals surface area contributed by atoms with Crippen LogP contribution in [-0.2, 0) is 0 Å². The maximum absolute atomic E-state index is 12.5. The lowest BCUT2D eigenvalue weighted by atomic mass is 10.2. The first-order chi connectivity index (χ1) is 9.59. The fourth-order valence-corrected chi connectivity index (χ4v) is 2.62. The van der Waals surface area contributed by atoms with E-state index in [-0.39, 0.29) is 12.1 Å². The third-order valence-corrected chi connectivity index (χ3v) is 3.78. The maximum atomic E-state index is 12.5. The van der Waals surface area contributed by atoms with Crippen LogP contribution in [0.4, 0.5) is 16.2 Å². The van der Waals surface area contributed by atoms with E-state index in [4.69, 9.17) is 0 Å². The molecule has 2 aromatic carbocycles. The Hall–Kier alpha value is -1.56. The highest BCUT2D eigenvalue weighted by Crippen LogP contribution is 2.25. The average Bonchev–Trinajstić information content (AvgIpc) is 2.42. The molecule has 0 radical (unpaired) electrons. The summed E-state index contributed by atoms with van der Waals surface area (Å²) < 4.78 is 1.06. The van der Waals surface area contributed by atoms with Crippen LogP contribution >= 0.6 is 22.6 Å². The molecule has 0 atom stereocenters. The Labute approximate surface area is 133 Å². The topological polar surface area (TPSA) is 32.3 Å². The smallest absolute Gasteiger partial charge is 0.308 e. The molecule has 0 aliphatic carbocycles. The van der Waals surface area contributed by atoms with Crippen molar-refractivity contribution in [3.8, 4) is 0 Å². The zero-order chi connectivity index (χ0) is 14.5. The van der Waals surface area contributed by atoms with Crippen molar-refractivity contribution in [1.82, 2.24) is 0 Å². The fourth-order valence-electron chi connectivity index (χ4n) is 1.97. The number of carbonyl (C=O) groups excluding carboxylic acids is 1. The number of benzene rings is 2. The van der Waals surface area contributed by atoms with Gasteiger partial charge in [-0.2, -0.15) is 0 Å². The molecule has 2 amide bonds. The number of carbonyl (C=O) groups is 1. The predicted molar refractivity (Wildman–Crippen MR) is 92.2 cm³/mol. The first-order valence-corrected chi connectivity index (χ1v) is 7.57. The van der Waals surface area contributed by atoms with E-state index in [1.807, 2.05) is 68.4 Å². The van der Waals surface area contributed by atoms with Gasteiger partial charge in [0.15, 0.2) is 0 Å². The van der Waals surface area contributed by atoms with Crippen LogP contribution in [0.5, 0.6) is 0 Å². The lowest BCUT2D eigenvalue weighted by molar-refractivity contribution is 0.255. The summed E-state index contributed by atoms with van der Waals surface area (Å²) >= 11 is 2.25. The molecule has 0 saturated heterocycles. The Balaban J connectivity index is 2.26. The minimum atomic E-state index is -0.115. The number of para-hydroxylation sites is 2. The summed E-state index contributed by atoms with van der Waals surface area (Å²) in [6, 6.07) is 17.3. The third kappa shape index (κ3) is 3.50. The van der Waals surface area contributed by atoms with Gasteiger partial charge in [0.25, 0.3) is 0 Å². The SMILES string of the molecule is CC(C)N(C(=O)Nc1ccccc1)c1ccccc1I. The number of anilines is 2. The molecule has 2 aromatic rings. The summed E-state index contributed by atoms with van der Waals surface area (Å²) in [6.07, 6.45) is 0. The molecular formula is C16H17IN2O. The van der Waals surface area contributed by atoms with Crippen molar-refractivity contribution in [2.45, 2.75) is 19.9 Å². The van der Waals surface area contributed by atoms with E-state index in [9.17, 15) is 4.79 Å². The molecule has 0 unspecified atom stereocenters. The Bertz CT molecular complexity index is 584. The standard InChI is InChI=1S/C16H17IN2O/c1-12(2)19(15-11-7-6-10-14(15)17)16(20)18-13-8-4-3-5-9-13/h3-12H,1-2H3,(H,18,20). The second-order valence-electron chi connectivity index (χ2n) is 4.71. The first kappa shape index (κ1) is 14.8. The molecule has 0 saturated carbocycles. The van der Waals surface area contributed by atoms with Gasteiger partial charge in [0, 0.05) is 15.3 Å². The summed E-state index contributed by atoms with van der Waals surface area (Å²) in [5.74, 6) is 0. The summed E-state index contributed by atoms with van der Waals surface area (Å²) in [7, 11) is 0. The number of urea groups is 1. The van der Waals surface area contributed by atoms with Gasteiger partial charge in [0.2, 0.25) is 0 Å². The van der Waals surface area contributed by atoms with Crippen LogP contribution in [0.2, 0.25) is 0 Å². The molecule has 0 aliphatic rings. The van der Waals surface area contributed by atoms with Crippen molar-refractivity contribution in [3.05, 3.63) is 58.2 Å². The Morgan fingerprint density at radius 2 is 1.65 bits per heavy atom. The van der Waals surface area contributed by atoms with E-state index in [0.29, 0.717) is 0 Å². The minimum absolute atomic E-state index is 0.0784. The highest BCUT2D eigenvalue weighted by molar-refractivity contribution is 14.1. The van der Waals surface area contributed by atoms with Crippen LogP contribution in [0.1, 0.15) is 13.8 Å². The van der Waals surface area contributed by atoms with E-state index in [2.05, 4.69) is 27.9 Å². The number of nitrogens with one attached hydrogen (secondary N) is 1. The van der Waals surface area contributed by atoms with E-state index in [1.54, 1.807) is 4.90 Å². The summed E-state index contributed by atoms with van der Waals surface area (Å²) in [5, 5.41) is 2.93. The third-order valence-electron chi connectivity index (χ3n) is 2.87. The van der Waals surface area contributed by atoms with E-state index in [1.165, 1.54) is 0 Å². The van der Waals surface area contributed by atoms with Gasteiger partial charge in [-0.15, -0.1) is 0 Å². The monoisotopic (exact) mass is 380 g/mol. The number of hydrogen-bond acceptors (Lipinski definition) is 1. The van der Waals surface area contributed by atoms with Gasteiger partial charge < -0.3 is 5.32 Å². The zero-order valence-electron chi connectivity index (χ0n) is 11.5. The van der Waals surface area contributed by atoms with Gasteiger partial charge in [-0.25, -0.2) is 4.79 Å². The van der Waals surface area contributed by atoms with Crippen molar-refractivity contribution in [1.29, 1.82) is 0 Å². The van der Waals surface area contributed by atoms with Gasteiger partial charge in [-0.1, -0.05) is 30.3 Å². The van der Waals surface area contributed by atoms with Crippen molar-refractivity contribution in [2.24, 2.45) is 0 Å². The molecule has 0 aliphatic heterocycles. The molecular weight excluding hydrogens is 363 g/mol. The molecule has 0 bridgehead atoms. The van der Waals surface area contributed by atoms with E-state index < -0.39 is 0 Å². The highest BCUT2D eigenvalue weighted by atomic mass is 127. The van der Waals surface area contributed by atoms with Crippen molar-refractivity contribution >= 4 is 40.0 Å². The Morgan fingerprint density at radius 3 is 2.25 bits per heavy atom. The van der Waals surface area contributed by atoms with Crippen molar-refractivity contribution < 1.29 is 4.79 Å². The molecule has 20 heavy (non-hydrogen) atoms. The number of halogens is 1. The normalized spacial score (nSPS) is 10.4. The molecule has 104 valence electrons. The summed E-state index contributed by atoms with van der Waals surface area (Å²) in [6.45, 7) is 4.02. The van der Waals surface area contributed by atoms with Gasteiger partial charge >= 0.3 is 6.03 Å². The van der Waals surface area contributed by atoms with Gasteiger partial charge in [-0.05, 0) is 60.7 Å². The van der Waals surface area contributed by atoms with Gasteiger partial charge in [0.1, 0.15) is 0 Å². The lowest BCUT2D eigenvalue weighted by Crippen LogP contribution is -2.40. The molecule has 0 fully saturated rings. The number of nitrogens with zero attached hydrogens (tertiary/aromatic N) is 1. The van der Waals surface area contributed by atoms with E-state index >= 15 is 0 Å². The number of hydrogen-bond donors (Lipinski definition) is 1. The predicted octanol–water partition coefficient (Wildman–Crippen LogP) is 4.74. The Kier molecular flexibility index (Phi) is 5.00. The molecule has 1 N–H and O–H groups in total. The van der Waals surface area contributed by atoms with Crippen LogP contribution in [0.3, 0.4) is 0 Å². The van der Waals surface area contributed by atoms with Crippen LogP contribution in [0, 0.1) is 3.57 Å². The minimum Gasteiger partial charge on any atom is -0.308 e. The van der Waals surface area contributed by atoms with Gasteiger partial charge in [-0.3, -0.25) is 4.90 Å². The largest absolute Gasteiger partial charge is 0.326 e. The second kappa shape index (κ2) is 6.74. The van der Waals surface area contributed by atoms with Crippen LogP contribution in [-0.4, -0.2) is 12.1 Å². The molecule has 4 heteroatoms.